The second kappa shape index (κ2) is 3.79. The number of nitrogens with zero attached hydrogens (tertiary/aromatic N) is 2. The van der Waals surface area contributed by atoms with E-state index in [-0.39, 0.29) is 12.4 Å². The van der Waals surface area contributed by atoms with Gasteiger partial charge in [-0.2, -0.15) is 0 Å². The normalized spacial score (nSPS) is 10.4. The second-order valence-electron chi connectivity index (χ2n) is 3.23. The van der Waals surface area contributed by atoms with Gasteiger partial charge in [0, 0.05) is 6.04 Å². The zero-order valence-electron chi connectivity index (χ0n) is 7.77. The molecule has 2 nitrogen and oxygen atoms in total. The summed E-state index contributed by atoms with van der Waals surface area (Å²) < 4.78 is 2.18. The van der Waals surface area contributed by atoms with Crippen LogP contribution in [0.2, 0.25) is 0 Å². The number of fused-ring (bicyclic) bond motifs is 1. The molecule has 1 aromatic carbocycles. The van der Waals surface area contributed by atoms with Gasteiger partial charge in [0.05, 0.1) is 17.4 Å². The number of para-hydroxylation sites is 2. The lowest BCUT2D eigenvalue weighted by Crippen LogP contribution is -1.97. The highest BCUT2D eigenvalue weighted by atomic mass is 35.5. The molecular formula is C10H13ClN2. The van der Waals surface area contributed by atoms with Crippen LogP contribution < -0.4 is 0 Å². The van der Waals surface area contributed by atoms with Gasteiger partial charge in [0.1, 0.15) is 0 Å². The molecule has 0 unspecified atom stereocenters. The van der Waals surface area contributed by atoms with Gasteiger partial charge in [0.25, 0.3) is 0 Å². The Bertz CT molecular complexity index is 392. The van der Waals surface area contributed by atoms with Gasteiger partial charge in [-0.1, -0.05) is 12.1 Å². The third-order valence-electron chi connectivity index (χ3n) is 2.04. The molecule has 0 saturated carbocycles. The van der Waals surface area contributed by atoms with Crippen molar-refractivity contribution in [2.24, 2.45) is 0 Å². The molecular weight excluding hydrogens is 184 g/mol. The summed E-state index contributed by atoms with van der Waals surface area (Å²) in [4.78, 5) is 4.30. The summed E-state index contributed by atoms with van der Waals surface area (Å²) in [5, 5.41) is 0. The van der Waals surface area contributed by atoms with Crippen molar-refractivity contribution in [3.05, 3.63) is 30.6 Å². The van der Waals surface area contributed by atoms with Crippen LogP contribution in [-0.4, -0.2) is 9.55 Å². The summed E-state index contributed by atoms with van der Waals surface area (Å²) in [5.74, 6) is 0. The van der Waals surface area contributed by atoms with Crippen molar-refractivity contribution < 1.29 is 0 Å². The van der Waals surface area contributed by atoms with E-state index in [1.807, 2.05) is 24.5 Å². The number of rotatable bonds is 1. The Balaban J connectivity index is 0.000000845. The van der Waals surface area contributed by atoms with Crippen molar-refractivity contribution in [3.8, 4) is 0 Å². The van der Waals surface area contributed by atoms with Crippen LogP contribution in [0.3, 0.4) is 0 Å². The summed E-state index contributed by atoms with van der Waals surface area (Å²) in [6, 6.07) is 8.68. The summed E-state index contributed by atoms with van der Waals surface area (Å²) in [6.45, 7) is 4.32. The molecule has 1 heterocycles. The number of hydrogen-bond acceptors (Lipinski definition) is 1. The van der Waals surface area contributed by atoms with Crippen LogP contribution in [0.4, 0.5) is 0 Å². The molecule has 2 rings (SSSR count). The molecule has 0 atom stereocenters. The molecule has 0 aliphatic heterocycles. The maximum Gasteiger partial charge on any atom is 0.0960 e. The fourth-order valence-electron chi connectivity index (χ4n) is 1.39. The SMILES string of the molecule is CC(C)n1cnc2ccccc21.Cl. The van der Waals surface area contributed by atoms with E-state index in [0.29, 0.717) is 6.04 Å². The molecule has 0 aliphatic carbocycles. The summed E-state index contributed by atoms with van der Waals surface area (Å²) in [6.07, 6.45) is 1.90. The number of hydrogen-bond donors (Lipinski definition) is 0. The van der Waals surface area contributed by atoms with Crippen molar-refractivity contribution in [2.75, 3.05) is 0 Å². The minimum absolute atomic E-state index is 0. The van der Waals surface area contributed by atoms with Crippen LogP contribution in [0.25, 0.3) is 11.0 Å². The lowest BCUT2D eigenvalue weighted by molar-refractivity contribution is 0.617. The van der Waals surface area contributed by atoms with Crippen LogP contribution in [0, 0.1) is 0 Å². The summed E-state index contributed by atoms with van der Waals surface area (Å²) in [5.41, 5.74) is 2.29. The maximum atomic E-state index is 4.30. The Morgan fingerprint density at radius 1 is 1.23 bits per heavy atom. The van der Waals surface area contributed by atoms with E-state index in [4.69, 9.17) is 0 Å². The van der Waals surface area contributed by atoms with Gasteiger partial charge in [-0.15, -0.1) is 12.4 Å². The van der Waals surface area contributed by atoms with Crippen molar-refractivity contribution in [1.29, 1.82) is 0 Å². The van der Waals surface area contributed by atoms with Gasteiger partial charge in [-0.3, -0.25) is 0 Å². The Labute approximate surface area is 84.0 Å². The Morgan fingerprint density at radius 2 is 1.92 bits per heavy atom. The fraction of sp³-hybridized carbons (Fsp3) is 0.300. The van der Waals surface area contributed by atoms with E-state index in [0.717, 1.165) is 5.52 Å². The predicted molar refractivity (Wildman–Crippen MR) is 57.4 cm³/mol. The van der Waals surface area contributed by atoms with E-state index in [9.17, 15) is 0 Å². The topological polar surface area (TPSA) is 17.8 Å². The Kier molecular flexibility index (Phi) is 2.94. The second-order valence-corrected chi connectivity index (χ2v) is 3.23. The lowest BCUT2D eigenvalue weighted by Gasteiger charge is -2.06. The number of aromatic nitrogens is 2. The predicted octanol–water partition coefficient (Wildman–Crippen LogP) is 3.04. The van der Waals surface area contributed by atoms with Crippen molar-refractivity contribution >= 4 is 23.4 Å². The minimum atomic E-state index is 0. The minimum Gasteiger partial charge on any atom is -0.328 e. The highest BCUT2D eigenvalue weighted by Crippen LogP contribution is 2.15. The standard InChI is InChI=1S/C10H12N2.ClH/c1-8(2)12-7-11-9-5-3-4-6-10(9)12;/h3-8H,1-2H3;1H. The molecule has 1 aromatic heterocycles. The summed E-state index contributed by atoms with van der Waals surface area (Å²) >= 11 is 0. The van der Waals surface area contributed by atoms with E-state index < -0.39 is 0 Å². The molecule has 0 aliphatic rings. The van der Waals surface area contributed by atoms with Crippen LogP contribution in [0.15, 0.2) is 30.6 Å². The van der Waals surface area contributed by atoms with Crippen molar-refractivity contribution in [1.82, 2.24) is 9.55 Å². The Hall–Kier alpha value is -1.02. The molecule has 13 heavy (non-hydrogen) atoms. The largest absolute Gasteiger partial charge is 0.328 e. The first kappa shape index (κ1) is 10.1. The van der Waals surface area contributed by atoms with Gasteiger partial charge in [-0.05, 0) is 26.0 Å². The molecule has 0 N–H and O–H groups in total. The first-order valence-corrected chi connectivity index (χ1v) is 4.20. The van der Waals surface area contributed by atoms with Gasteiger partial charge >= 0.3 is 0 Å². The van der Waals surface area contributed by atoms with Crippen LogP contribution in [-0.2, 0) is 0 Å². The third-order valence-corrected chi connectivity index (χ3v) is 2.04. The molecule has 2 aromatic rings. The van der Waals surface area contributed by atoms with E-state index in [1.54, 1.807) is 0 Å². The Morgan fingerprint density at radius 3 is 2.62 bits per heavy atom. The number of benzene rings is 1. The number of imidazole rings is 1. The van der Waals surface area contributed by atoms with Crippen molar-refractivity contribution in [2.45, 2.75) is 19.9 Å². The smallest absolute Gasteiger partial charge is 0.0960 e. The first-order valence-electron chi connectivity index (χ1n) is 4.20. The zero-order chi connectivity index (χ0) is 8.55. The fourth-order valence-corrected chi connectivity index (χ4v) is 1.39. The average Bonchev–Trinajstić information content (AvgIpc) is 2.47. The monoisotopic (exact) mass is 196 g/mol. The quantitative estimate of drug-likeness (QED) is 0.686. The van der Waals surface area contributed by atoms with E-state index >= 15 is 0 Å². The van der Waals surface area contributed by atoms with E-state index in [1.165, 1.54) is 5.52 Å². The molecule has 0 spiro atoms. The number of halogens is 1. The highest BCUT2D eigenvalue weighted by molar-refractivity contribution is 5.85. The van der Waals surface area contributed by atoms with Gasteiger partial charge in [-0.25, -0.2) is 4.98 Å². The molecule has 0 bridgehead atoms. The zero-order valence-corrected chi connectivity index (χ0v) is 8.58. The lowest BCUT2D eigenvalue weighted by atomic mass is 10.3. The third kappa shape index (κ3) is 1.68. The summed E-state index contributed by atoms with van der Waals surface area (Å²) in [7, 11) is 0. The van der Waals surface area contributed by atoms with Gasteiger partial charge in [0.15, 0.2) is 0 Å². The van der Waals surface area contributed by atoms with Crippen molar-refractivity contribution in [3.63, 3.8) is 0 Å². The molecule has 0 saturated heterocycles. The molecule has 0 amide bonds. The van der Waals surface area contributed by atoms with Gasteiger partial charge in [0.2, 0.25) is 0 Å². The molecule has 0 fully saturated rings. The van der Waals surface area contributed by atoms with Crippen LogP contribution in [0.5, 0.6) is 0 Å². The molecule has 0 radical (unpaired) electrons. The average molecular weight is 197 g/mol. The van der Waals surface area contributed by atoms with E-state index in [2.05, 4.69) is 29.5 Å². The first-order chi connectivity index (χ1) is 5.79. The van der Waals surface area contributed by atoms with Crippen LogP contribution in [0.1, 0.15) is 19.9 Å². The highest BCUT2D eigenvalue weighted by Gasteiger charge is 2.02. The maximum absolute atomic E-state index is 4.30. The van der Waals surface area contributed by atoms with Crippen LogP contribution >= 0.6 is 12.4 Å². The van der Waals surface area contributed by atoms with Gasteiger partial charge < -0.3 is 4.57 Å². The molecule has 3 heteroatoms. The molecule has 70 valence electrons.